The SMILES string of the molecule is O=C(NC[C@]1(c2ccccc2)CC[C@H](O)[C@@H](N2CCOCC2)CC1)c1cnco1. The first-order chi connectivity index (χ1) is 14.2. The van der Waals surface area contributed by atoms with E-state index in [1.54, 1.807) is 0 Å². The molecule has 1 aliphatic carbocycles. The zero-order valence-electron chi connectivity index (χ0n) is 16.6. The molecule has 2 aromatic rings. The molecule has 1 saturated carbocycles. The van der Waals surface area contributed by atoms with Crippen molar-refractivity contribution in [2.45, 2.75) is 43.2 Å². The number of amides is 1. The van der Waals surface area contributed by atoms with Gasteiger partial charge >= 0.3 is 0 Å². The van der Waals surface area contributed by atoms with Gasteiger partial charge in [-0.3, -0.25) is 9.69 Å². The number of oxazole rings is 1. The number of ether oxygens (including phenoxy) is 1. The molecule has 2 fully saturated rings. The maximum atomic E-state index is 12.5. The topological polar surface area (TPSA) is 87.8 Å². The summed E-state index contributed by atoms with van der Waals surface area (Å²) in [7, 11) is 0. The third-order valence-electron chi connectivity index (χ3n) is 6.43. The minimum absolute atomic E-state index is 0.134. The molecule has 0 radical (unpaired) electrons. The molecule has 4 rings (SSSR count). The Morgan fingerprint density at radius 1 is 1.21 bits per heavy atom. The van der Waals surface area contributed by atoms with E-state index in [2.05, 4.69) is 27.3 Å². The lowest BCUT2D eigenvalue weighted by molar-refractivity contribution is -0.0236. The smallest absolute Gasteiger partial charge is 0.288 e. The van der Waals surface area contributed by atoms with Gasteiger partial charge < -0.3 is 19.6 Å². The first-order valence-electron chi connectivity index (χ1n) is 10.4. The van der Waals surface area contributed by atoms with Crippen LogP contribution in [0.2, 0.25) is 0 Å². The van der Waals surface area contributed by atoms with Crippen molar-refractivity contribution in [3.8, 4) is 0 Å². The number of rotatable bonds is 5. The predicted octanol–water partition coefficient (Wildman–Crippen LogP) is 1.98. The number of aliphatic hydroxyl groups is 1. The highest BCUT2D eigenvalue weighted by Crippen LogP contribution is 2.39. The number of hydrogen-bond acceptors (Lipinski definition) is 6. The van der Waals surface area contributed by atoms with Gasteiger partial charge in [0.05, 0.1) is 25.5 Å². The highest BCUT2D eigenvalue weighted by atomic mass is 16.5. The Morgan fingerprint density at radius 2 is 1.97 bits per heavy atom. The monoisotopic (exact) mass is 399 g/mol. The van der Waals surface area contributed by atoms with Crippen LogP contribution in [0.5, 0.6) is 0 Å². The van der Waals surface area contributed by atoms with Gasteiger partial charge in [0.25, 0.3) is 5.91 Å². The molecule has 3 atom stereocenters. The maximum Gasteiger partial charge on any atom is 0.288 e. The number of nitrogens with one attached hydrogen (secondary N) is 1. The van der Waals surface area contributed by atoms with Gasteiger partial charge in [0, 0.05) is 31.1 Å². The molecule has 2 aliphatic rings. The van der Waals surface area contributed by atoms with Gasteiger partial charge in [0.15, 0.2) is 6.39 Å². The third-order valence-corrected chi connectivity index (χ3v) is 6.43. The Morgan fingerprint density at radius 3 is 2.69 bits per heavy atom. The quantitative estimate of drug-likeness (QED) is 0.748. The molecule has 1 amide bonds. The molecule has 2 heterocycles. The third kappa shape index (κ3) is 4.52. The molecule has 0 spiro atoms. The number of nitrogens with zero attached hydrogens (tertiary/aromatic N) is 2. The van der Waals surface area contributed by atoms with Crippen molar-refractivity contribution < 1.29 is 19.1 Å². The molecule has 2 N–H and O–H groups in total. The number of hydrogen-bond donors (Lipinski definition) is 2. The lowest BCUT2D eigenvalue weighted by Gasteiger charge is -2.37. The molecule has 1 saturated heterocycles. The van der Waals surface area contributed by atoms with Crippen molar-refractivity contribution in [1.82, 2.24) is 15.2 Å². The Kier molecular flexibility index (Phi) is 6.28. The fourth-order valence-electron chi connectivity index (χ4n) is 4.72. The Hall–Kier alpha value is -2.22. The summed E-state index contributed by atoms with van der Waals surface area (Å²) in [5, 5.41) is 14.0. The summed E-state index contributed by atoms with van der Waals surface area (Å²) in [4.78, 5) is 18.7. The molecule has 1 aromatic carbocycles. The fraction of sp³-hybridized carbons (Fsp3) is 0.545. The summed E-state index contributed by atoms with van der Waals surface area (Å²) in [6.45, 7) is 3.67. The highest BCUT2D eigenvalue weighted by molar-refractivity contribution is 5.91. The van der Waals surface area contributed by atoms with E-state index in [4.69, 9.17) is 9.15 Å². The maximum absolute atomic E-state index is 12.5. The normalized spacial score (nSPS) is 28.6. The van der Waals surface area contributed by atoms with Crippen LogP contribution in [0.3, 0.4) is 0 Å². The minimum Gasteiger partial charge on any atom is -0.438 e. The zero-order valence-corrected chi connectivity index (χ0v) is 16.6. The van der Waals surface area contributed by atoms with Crippen LogP contribution >= 0.6 is 0 Å². The molecular formula is C22H29N3O4. The van der Waals surface area contributed by atoms with Crippen LogP contribution < -0.4 is 5.32 Å². The van der Waals surface area contributed by atoms with Crippen molar-refractivity contribution in [1.29, 1.82) is 0 Å². The number of carbonyl (C=O) groups is 1. The van der Waals surface area contributed by atoms with Gasteiger partial charge in [-0.15, -0.1) is 0 Å². The van der Waals surface area contributed by atoms with E-state index >= 15 is 0 Å². The van der Waals surface area contributed by atoms with Gasteiger partial charge in [-0.1, -0.05) is 30.3 Å². The minimum atomic E-state index is -0.372. The molecule has 0 bridgehead atoms. The lowest BCUT2D eigenvalue weighted by atomic mass is 9.74. The second-order valence-corrected chi connectivity index (χ2v) is 8.06. The summed E-state index contributed by atoms with van der Waals surface area (Å²) >= 11 is 0. The number of benzene rings is 1. The summed E-state index contributed by atoms with van der Waals surface area (Å²) < 4.78 is 10.6. The summed E-state index contributed by atoms with van der Waals surface area (Å²) in [6.07, 6.45) is 5.61. The zero-order chi connectivity index (χ0) is 20.1. The van der Waals surface area contributed by atoms with E-state index in [-0.39, 0.29) is 29.2 Å². The van der Waals surface area contributed by atoms with Gasteiger partial charge in [0.2, 0.25) is 5.76 Å². The van der Waals surface area contributed by atoms with E-state index in [0.29, 0.717) is 13.0 Å². The lowest BCUT2D eigenvalue weighted by Crippen LogP contribution is -2.48. The molecule has 7 heteroatoms. The van der Waals surface area contributed by atoms with Crippen molar-refractivity contribution in [3.63, 3.8) is 0 Å². The molecule has 0 unspecified atom stereocenters. The van der Waals surface area contributed by atoms with Crippen LogP contribution in [0.4, 0.5) is 0 Å². The van der Waals surface area contributed by atoms with Crippen LogP contribution in [-0.2, 0) is 10.2 Å². The van der Waals surface area contributed by atoms with E-state index in [1.807, 2.05) is 18.2 Å². The Bertz CT molecular complexity index is 777. The highest BCUT2D eigenvalue weighted by Gasteiger charge is 2.40. The van der Waals surface area contributed by atoms with E-state index in [9.17, 15) is 9.90 Å². The van der Waals surface area contributed by atoms with E-state index in [0.717, 1.165) is 45.6 Å². The summed E-state index contributed by atoms with van der Waals surface area (Å²) in [6, 6.07) is 10.5. The number of carbonyl (C=O) groups excluding carboxylic acids is 1. The second kappa shape index (κ2) is 9.07. The van der Waals surface area contributed by atoms with Crippen molar-refractivity contribution in [2.75, 3.05) is 32.8 Å². The van der Waals surface area contributed by atoms with Gasteiger partial charge in [-0.25, -0.2) is 4.98 Å². The number of aromatic nitrogens is 1. The Balaban J connectivity index is 1.53. The van der Waals surface area contributed by atoms with Gasteiger partial charge in [0.1, 0.15) is 0 Å². The summed E-state index contributed by atoms with van der Waals surface area (Å²) in [5.41, 5.74) is 0.978. The summed E-state index contributed by atoms with van der Waals surface area (Å²) in [5.74, 6) is -0.0413. The largest absolute Gasteiger partial charge is 0.438 e. The van der Waals surface area contributed by atoms with Crippen LogP contribution in [0.1, 0.15) is 41.8 Å². The standard InChI is InChI=1S/C22H29N3O4/c26-19-7-9-22(17-4-2-1-3-5-17,15-24-21(27)20-14-23-16-29-20)8-6-18(19)25-10-12-28-13-11-25/h1-5,14,16,18-19,26H,6-13,15H2,(H,24,27)/t18-,19-,22+/m0/s1. The van der Waals surface area contributed by atoms with Crippen molar-refractivity contribution >= 4 is 5.91 Å². The molecule has 1 aromatic heterocycles. The van der Waals surface area contributed by atoms with Crippen molar-refractivity contribution in [3.05, 3.63) is 54.2 Å². The number of morpholine rings is 1. The first kappa shape index (κ1) is 20.1. The Labute approximate surface area is 171 Å². The molecular weight excluding hydrogens is 370 g/mol. The van der Waals surface area contributed by atoms with Crippen LogP contribution in [0, 0.1) is 0 Å². The van der Waals surface area contributed by atoms with E-state index in [1.165, 1.54) is 18.2 Å². The first-order valence-corrected chi connectivity index (χ1v) is 10.4. The fourth-order valence-corrected chi connectivity index (χ4v) is 4.72. The average Bonchev–Trinajstić information content (AvgIpc) is 3.26. The molecule has 7 nitrogen and oxygen atoms in total. The van der Waals surface area contributed by atoms with Gasteiger partial charge in [-0.05, 0) is 31.2 Å². The molecule has 1 aliphatic heterocycles. The molecule has 156 valence electrons. The van der Waals surface area contributed by atoms with Crippen molar-refractivity contribution in [2.24, 2.45) is 0 Å². The predicted molar refractivity (Wildman–Crippen MR) is 108 cm³/mol. The van der Waals surface area contributed by atoms with Crippen LogP contribution in [0.25, 0.3) is 0 Å². The van der Waals surface area contributed by atoms with Gasteiger partial charge in [-0.2, -0.15) is 0 Å². The van der Waals surface area contributed by atoms with E-state index < -0.39 is 0 Å². The second-order valence-electron chi connectivity index (χ2n) is 8.06. The van der Waals surface area contributed by atoms with Crippen LogP contribution in [0.15, 0.2) is 47.3 Å². The van der Waals surface area contributed by atoms with Crippen LogP contribution in [-0.4, -0.2) is 65.9 Å². The average molecular weight is 399 g/mol. The molecule has 29 heavy (non-hydrogen) atoms. The number of aliphatic hydroxyl groups excluding tert-OH is 1.